The molecule has 2 aromatic rings. The summed E-state index contributed by atoms with van der Waals surface area (Å²) in [7, 11) is 1.88. The molecule has 0 saturated heterocycles. The van der Waals surface area contributed by atoms with E-state index in [9.17, 15) is 0 Å². The van der Waals surface area contributed by atoms with Crippen molar-refractivity contribution in [1.82, 2.24) is 9.38 Å². The normalized spacial score (nSPS) is 10.7. The minimum Gasteiger partial charge on any atom is -0.372 e. The molecule has 0 aliphatic heterocycles. The maximum Gasteiger partial charge on any atom is 0.195 e. The Morgan fingerprint density at radius 3 is 3.09 bits per heavy atom. The van der Waals surface area contributed by atoms with Crippen LogP contribution < -0.4 is 5.32 Å². The molecule has 58 valence electrons. The van der Waals surface area contributed by atoms with E-state index in [1.165, 1.54) is 5.69 Å². The molecule has 2 aromatic heterocycles. The number of aryl methyl sites for hydroxylation is 1. The third-order valence-corrected chi connectivity index (χ3v) is 2.60. The number of nitrogens with zero attached hydrogens (tertiary/aromatic N) is 2. The molecule has 11 heavy (non-hydrogen) atoms. The van der Waals surface area contributed by atoms with Crippen LogP contribution in [0.4, 0.5) is 5.82 Å². The lowest BCUT2D eigenvalue weighted by atomic mass is 10.6. The van der Waals surface area contributed by atoms with Gasteiger partial charge in [-0.1, -0.05) is 0 Å². The third-order valence-electron chi connectivity index (χ3n) is 1.64. The van der Waals surface area contributed by atoms with Crippen LogP contribution in [0.25, 0.3) is 4.96 Å². The molecule has 0 aliphatic carbocycles. The summed E-state index contributed by atoms with van der Waals surface area (Å²) in [6.45, 7) is 2.07. The highest BCUT2D eigenvalue weighted by molar-refractivity contribution is 7.15. The van der Waals surface area contributed by atoms with Crippen molar-refractivity contribution in [2.24, 2.45) is 0 Å². The zero-order valence-electron chi connectivity index (χ0n) is 6.46. The van der Waals surface area contributed by atoms with Crippen molar-refractivity contribution in [3.8, 4) is 0 Å². The Balaban J connectivity index is 2.70. The number of nitrogens with one attached hydrogen (secondary N) is 1. The van der Waals surface area contributed by atoms with Gasteiger partial charge in [0, 0.05) is 18.1 Å². The fourth-order valence-electron chi connectivity index (χ4n) is 1.01. The Kier molecular flexibility index (Phi) is 1.35. The van der Waals surface area contributed by atoms with Gasteiger partial charge in [0.05, 0.1) is 6.20 Å². The number of aromatic nitrogens is 2. The zero-order valence-corrected chi connectivity index (χ0v) is 7.27. The molecule has 0 unspecified atom stereocenters. The average molecular weight is 167 g/mol. The van der Waals surface area contributed by atoms with Crippen LogP contribution in [0.3, 0.4) is 0 Å². The van der Waals surface area contributed by atoms with E-state index in [-0.39, 0.29) is 0 Å². The molecule has 0 aromatic carbocycles. The van der Waals surface area contributed by atoms with Gasteiger partial charge in [-0.25, -0.2) is 4.98 Å². The standard InChI is InChI=1S/C7H9N3S/c1-5-4-11-7-9-6(8-2)3-10(5)7/h3-4,8H,1-2H3. The molecule has 0 spiro atoms. The highest BCUT2D eigenvalue weighted by atomic mass is 32.1. The Labute approximate surface area is 68.7 Å². The Bertz CT molecular complexity index is 374. The second-order valence-electron chi connectivity index (χ2n) is 2.41. The Morgan fingerprint density at radius 2 is 2.45 bits per heavy atom. The van der Waals surface area contributed by atoms with Gasteiger partial charge in [-0.2, -0.15) is 0 Å². The first-order valence-electron chi connectivity index (χ1n) is 3.42. The fourth-order valence-corrected chi connectivity index (χ4v) is 1.87. The van der Waals surface area contributed by atoms with E-state index in [1.54, 1.807) is 11.3 Å². The van der Waals surface area contributed by atoms with E-state index in [0.717, 1.165) is 10.8 Å². The van der Waals surface area contributed by atoms with Crippen molar-refractivity contribution in [3.05, 3.63) is 17.3 Å². The molecule has 3 nitrogen and oxygen atoms in total. The maximum absolute atomic E-state index is 4.32. The van der Waals surface area contributed by atoms with Gasteiger partial charge in [0.1, 0.15) is 5.82 Å². The van der Waals surface area contributed by atoms with Crippen molar-refractivity contribution in [2.75, 3.05) is 12.4 Å². The van der Waals surface area contributed by atoms with Gasteiger partial charge in [-0.15, -0.1) is 11.3 Å². The summed E-state index contributed by atoms with van der Waals surface area (Å²) in [6, 6.07) is 0. The molecular weight excluding hydrogens is 158 g/mol. The quantitative estimate of drug-likeness (QED) is 0.701. The molecule has 0 aliphatic rings. The topological polar surface area (TPSA) is 29.3 Å². The highest BCUT2D eigenvalue weighted by Gasteiger charge is 2.02. The summed E-state index contributed by atoms with van der Waals surface area (Å²) in [5, 5.41) is 5.10. The van der Waals surface area contributed by atoms with Crippen LogP contribution in [-0.2, 0) is 0 Å². The first-order valence-corrected chi connectivity index (χ1v) is 4.30. The molecule has 0 bridgehead atoms. The van der Waals surface area contributed by atoms with E-state index in [1.807, 2.05) is 13.2 Å². The zero-order chi connectivity index (χ0) is 7.84. The predicted molar refractivity (Wildman–Crippen MR) is 47.4 cm³/mol. The second kappa shape index (κ2) is 2.23. The number of hydrogen-bond donors (Lipinski definition) is 1. The monoisotopic (exact) mass is 167 g/mol. The molecule has 0 amide bonds. The van der Waals surface area contributed by atoms with Crippen LogP contribution in [0, 0.1) is 6.92 Å². The maximum atomic E-state index is 4.32. The number of imidazole rings is 1. The van der Waals surface area contributed by atoms with Crippen molar-refractivity contribution in [1.29, 1.82) is 0 Å². The predicted octanol–water partition coefficient (Wildman–Crippen LogP) is 1.75. The van der Waals surface area contributed by atoms with Crippen molar-refractivity contribution < 1.29 is 0 Å². The molecule has 2 rings (SSSR count). The van der Waals surface area contributed by atoms with Gasteiger partial charge in [-0.05, 0) is 6.92 Å². The molecule has 1 N–H and O–H groups in total. The Hall–Kier alpha value is -1.03. The van der Waals surface area contributed by atoms with E-state index >= 15 is 0 Å². The molecule has 4 heteroatoms. The number of fused-ring (bicyclic) bond motifs is 1. The largest absolute Gasteiger partial charge is 0.372 e. The molecular formula is C7H9N3S. The van der Waals surface area contributed by atoms with Gasteiger partial charge in [0.15, 0.2) is 4.96 Å². The van der Waals surface area contributed by atoms with Crippen molar-refractivity contribution in [2.45, 2.75) is 6.92 Å². The molecule has 0 atom stereocenters. The number of hydrogen-bond acceptors (Lipinski definition) is 3. The fraction of sp³-hybridized carbons (Fsp3) is 0.286. The highest BCUT2D eigenvalue weighted by Crippen LogP contribution is 2.17. The lowest BCUT2D eigenvalue weighted by molar-refractivity contribution is 1.13. The van der Waals surface area contributed by atoms with E-state index in [0.29, 0.717) is 0 Å². The average Bonchev–Trinajstić information content (AvgIpc) is 2.53. The van der Waals surface area contributed by atoms with Crippen LogP contribution >= 0.6 is 11.3 Å². The lowest BCUT2D eigenvalue weighted by Gasteiger charge is -1.87. The van der Waals surface area contributed by atoms with E-state index in [4.69, 9.17) is 0 Å². The van der Waals surface area contributed by atoms with Gasteiger partial charge in [0.25, 0.3) is 0 Å². The van der Waals surface area contributed by atoms with Crippen LogP contribution in [0.1, 0.15) is 5.69 Å². The van der Waals surface area contributed by atoms with Gasteiger partial charge >= 0.3 is 0 Å². The van der Waals surface area contributed by atoms with Crippen molar-refractivity contribution in [3.63, 3.8) is 0 Å². The minimum absolute atomic E-state index is 0.931. The van der Waals surface area contributed by atoms with E-state index < -0.39 is 0 Å². The van der Waals surface area contributed by atoms with Crippen LogP contribution in [0.5, 0.6) is 0 Å². The van der Waals surface area contributed by atoms with Crippen LogP contribution in [0.2, 0.25) is 0 Å². The summed E-state index contributed by atoms with van der Waals surface area (Å²) >= 11 is 1.66. The molecule has 0 saturated carbocycles. The Morgan fingerprint density at radius 1 is 1.64 bits per heavy atom. The van der Waals surface area contributed by atoms with Gasteiger partial charge in [-0.3, -0.25) is 4.40 Å². The summed E-state index contributed by atoms with van der Waals surface area (Å²) in [5.41, 5.74) is 1.24. The van der Waals surface area contributed by atoms with Crippen LogP contribution in [0.15, 0.2) is 11.6 Å². The summed E-state index contributed by atoms with van der Waals surface area (Å²) in [4.78, 5) is 5.37. The summed E-state index contributed by atoms with van der Waals surface area (Å²) < 4.78 is 2.08. The van der Waals surface area contributed by atoms with Gasteiger partial charge in [0.2, 0.25) is 0 Å². The first kappa shape index (κ1) is 6.67. The van der Waals surface area contributed by atoms with E-state index in [2.05, 4.69) is 27.0 Å². The molecule has 2 heterocycles. The minimum atomic E-state index is 0.931. The summed E-state index contributed by atoms with van der Waals surface area (Å²) in [5.74, 6) is 0.931. The van der Waals surface area contributed by atoms with Crippen molar-refractivity contribution >= 4 is 22.1 Å². The lowest BCUT2D eigenvalue weighted by Crippen LogP contribution is -1.86. The first-order chi connectivity index (χ1) is 5.31. The second-order valence-corrected chi connectivity index (χ2v) is 3.24. The number of anilines is 1. The summed E-state index contributed by atoms with van der Waals surface area (Å²) in [6.07, 6.45) is 2.00. The molecule has 0 radical (unpaired) electrons. The van der Waals surface area contributed by atoms with Gasteiger partial charge < -0.3 is 5.32 Å². The SMILES string of the molecule is CNc1cn2c(C)csc2n1. The number of rotatable bonds is 1. The van der Waals surface area contributed by atoms with Crippen LogP contribution in [-0.4, -0.2) is 16.4 Å². The molecule has 0 fully saturated rings. The smallest absolute Gasteiger partial charge is 0.195 e. The number of thiazole rings is 1. The third kappa shape index (κ3) is 0.903.